The average molecular weight is 862 g/mol. The summed E-state index contributed by atoms with van der Waals surface area (Å²) in [5.41, 5.74) is 5.65. The van der Waals surface area contributed by atoms with Crippen molar-refractivity contribution in [2.45, 2.75) is 37.6 Å². The number of nitrogens with zero attached hydrogens (tertiary/aromatic N) is 5. The first-order chi connectivity index (χ1) is 22.4. The number of rotatable bonds is 6. The first-order valence-electron chi connectivity index (χ1n) is 13.8. The number of hydrogen-bond donors (Lipinski definition) is 2. The molecule has 3 fully saturated rings. The Hall–Kier alpha value is -2.69. The fourth-order valence-electron chi connectivity index (χ4n) is 3.77. The standard InChI is InChI=1S/C9H9ClN2O4.C9H11ClN2O2.C5H2Cl2N2O2.C4H8O2.CH3.Pd/c10-6-3-8(12(13)14)9(11-4-6)16-7-1-2-15-5-7;10-6-3-8(11)9(12-4-6)14-7-1-2-13-5-7;6-3-1-4(9(10)11)5(7)8-2-3;5-4-1-2-6-3-4;;/h3-4,7H,1-2,5H2;3-4,7H,1-2,5,11H2;1-2H;4-5H,1-3H2;1H3;/q;;;;-1;. The molecule has 0 radical (unpaired) electrons. The van der Waals surface area contributed by atoms with Crippen molar-refractivity contribution in [3.8, 4) is 11.8 Å². The van der Waals surface area contributed by atoms with Crippen molar-refractivity contribution in [3.63, 3.8) is 0 Å². The topological polar surface area (TPSA) is 217 Å². The zero-order valence-electron chi connectivity index (χ0n) is 25.8. The summed E-state index contributed by atoms with van der Waals surface area (Å²) >= 11 is 22.2. The largest absolute Gasteiger partial charge is 0.470 e. The Morgan fingerprint density at radius 2 is 1.18 bits per heavy atom. The predicted molar refractivity (Wildman–Crippen MR) is 178 cm³/mol. The number of pyridine rings is 3. The zero-order valence-corrected chi connectivity index (χ0v) is 30.4. The van der Waals surface area contributed by atoms with E-state index < -0.39 is 9.85 Å². The van der Waals surface area contributed by atoms with Crippen LogP contribution < -0.4 is 15.2 Å². The summed E-state index contributed by atoms with van der Waals surface area (Å²) in [6.45, 7) is 3.65. The average Bonchev–Trinajstić information content (AvgIpc) is 3.83. The van der Waals surface area contributed by atoms with Crippen LogP contribution in [0.3, 0.4) is 0 Å². The molecule has 3 aliphatic rings. The number of aliphatic hydroxyl groups is 1. The van der Waals surface area contributed by atoms with Gasteiger partial charge in [-0.15, -0.1) is 0 Å². The fourth-order valence-corrected chi connectivity index (χ4v) is 4.41. The zero-order chi connectivity index (χ0) is 34.3. The molecular weight excluding hydrogens is 829 g/mol. The van der Waals surface area contributed by atoms with E-state index in [-0.39, 0.29) is 78.6 Å². The van der Waals surface area contributed by atoms with Crippen molar-refractivity contribution in [2.24, 2.45) is 0 Å². The van der Waals surface area contributed by atoms with Crippen LogP contribution in [-0.2, 0) is 34.6 Å². The summed E-state index contributed by atoms with van der Waals surface area (Å²) in [6, 6.07) is 4.00. The third-order valence-electron chi connectivity index (χ3n) is 6.06. The van der Waals surface area contributed by atoms with Crippen molar-refractivity contribution >= 4 is 63.5 Å². The normalized spacial score (nSPS) is 18.8. The summed E-state index contributed by atoms with van der Waals surface area (Å²) in [4.78, 5) is 31.0. The molecule has 6 heterocycles. The minimum Gasteiger partial charge on any atom is -0.470 e. The van der Waals surface area contributed by atoms with Crippen LogP contribution in [0.2, 0.25) is 20.2 Å². The second kappa shape index (κ2) is 22.9. The molecule has 16 nitrogen and oxygen atoms in total. The summed E-state index contributed by atoms with van der Waals surface area (Å²) in [5, 5.41) is 30.3. The number of aliphatic hydroxyl groups excluding tert-OH is 1. The van der Waals surface area contributed by atoms with E-state index in [2.05, 4.69) is 15.0 Å². The van der Waals surface area contributed by atoms with Crippen molar-refractivity contribution in [1.29, 1.82) is 0 Å². The van der Waals surface area contributed by atoms with Gasteiger partial charge in [-0.1, -0.05) is 46.4 Å². The molecule has 0 aliphatic carbocycles. The van der Waals surface area contributed by atoms with Crippen molar-refractivity contribution < 1.29 is 59.1 Å². The maximum atomic E-state index is 10.7. The molecule has 3 unspecified atom stereocenters. The van der Waals surface area contributed by atoms with Gasteiger partial charge in [-0.3, -0.25) is 20.2 Å². The molecule has 0 amide bonds. The monoisotopic (exact) mass is 859 g/mol. The molecule has 3 aliphatic heterocycles. The van der Waals surface area contributed by atoms with Crippen LogP contribution in [0.25, 0.3) is 0 Å². The molecule has 0 bridgehead atoms. The van der Waals surface area contributed by atoms with E-state index in [1.807, 2.05) is 0 Å². The smallest absolute Gasteiger partial charge is 0.332 e. The number of aromatic nitrogens is 3. The van der Waals surface area contributed by atoms with E-state index in [1.165, 1.54) is 24.7 Å². The molecule has 3 saturated heterocycles. The number of hydrogen-bond acceptors (Lipinski definition) is 14. The quantitative estimate of drug-likeness (QED) is 0.0984. The number of ether oxygens (including phenoxy) is 5. The minimum atomic E-state index is -0.638. The van der Waals surface area contributed by atoms with Crippen LogP contribution >= 0.6 is 46.4 Å². The molecule has 0 aromatic carbocycles. The second-order valence-corrected chi connectivity index (χ2v) is 11.4. The molecule has 3 aromatic heterocycles. The predicted octanol–water partition coefficient (Wildman–Crippen LogP) is 5.81. The molecule has 0 saturated carbocycles. The van der Waals surface area contributed by atoms with Gasteiger partial charge in [-0.25, -0.2) is 15.0 Å². The van der Waals surface area contributed by atoms with E-state index in [9.17, 15) is 20.2 Å². The Morgan fingerprint density at radius 3 is 1.59 bits per heavy atom. The van der Waals surface area contributed by atoms with Crippen LogP contribution in [0.1, 0.15) is 19.3 Å². The van der Waals surface area contributed by atoms with Crippen LogP contribution in [-0.4, -0.2) is 87.9 Å². The van der Waals surface area contributed by atoms with Gasteiger partial charge in [-0.2, -0.15) is 0 Å². The fraction of sp³-hybridized carbons (Fsp3) is 0.429. The van der Waals surface area contributed by atoms with Gasteiger partial charge in [0.1, 0.15) is 12.2 Å². The number of nitrogens with two attached hydrogens (primary N) is 1. The van der Waals surface area contributed by atoms with E-state index >= 15 is 0 Å². The van der Waals surface area contributed by atoms with E-state index in [0.717, 1.165) is 32.1 Å². The molecule has 21 heteroatoms. The Morgan fingerprint density at radius 1 is 0.735 bits per heavy atom. The maximum Gasteiger partial charge on any atom is 0.332 e. The maximum absolute atomic E-state index is 10.7. The molecule has 3 atom stereocenters. The van der Waals surface area contributed by atoms with Crippen LogP contribution in [0.5, 0.6) is 11.8 Å². The van der Waals surface area contributed by atoms with Crippen LogP contribution in [0, 0.1) is 27.7 Å². The Balaban J connectivity index is 0.000000336. The molecule has 3 aromatic rings. The molecular formula is C28H33Cl4N6O10Pd-. The van der Waals surface area contributed by atoms with Gasteiger partial charge in [0.05, 0.1) is 75.9 Å². The number of anilines is 1. The Bertz CT molecular complexity index is 1480. The first-order valence-corrected chi connectivity index (χ1v) is 15.3. The van der Waals surface area contributed by atoms with Gasteiger partial charge in [0.25, 0.3) is 5.88 Å². The summed E-state index contributed by atoms with van der Waals surface area (Å²) < 4.78 is 26.0. The van der Waals surface area contributed by atoms with Crippen LogP contribution in [0.4, 0.5) is 17.1 Å². The summed E-state index contributed by atoms with van der Waals surface area (Å²) in [5.74, 6) is 0.426. The van der Waals surface area contributed by atoms with Crippen molar-refractivity contribution in [2.75, 3.05) is 45.4 Å². The molecule has 6 rings (SSSR count). The van der Waals surface area contributed by atoms with Gasteiger partial charge in [-0.05, 0) is 12.5 Å². The summed E-state index contributed by atoms with van der Waals surface area (Å²) in [7, 11) is 0. The first kappa shape index (κ1) is 44.3. The van der Waals surface area contributed by atoms with Gasteiger partial charge >= 0.3 is 11.4 Å². The molecule has 3 N–H and O–H groups in total. The third-order valence-corrected chi connectivity index (χ3v) is 6.97. The van der Waals surface area contributed by atoms with Gasteiger partial charge in [0.2, 0.25) is 11.0 Å². The molecule has 274 valence electrons. The van der Waals surface area contributed by atoms with Crippen molar-refractivity contribution in [1.82, 2.24) is 15.0 Å². The SMILES string of the molecule is Nc1cc(Cl)cnc1OC1CCOC1.O=[N+]([O-])c1cc(Cl)cnc1Cl.O=[N+]([O-])c1cc(Cl)cnc1OC1CCOC1.OC1CCOC1.[CH3-].[Pd]. The third kappa shape index (κ3) is 15.8. The number of halogens is 4. The summed E-state index contributed by atoms with van der Waals surface area (Å²) in [6.07, 6.45) is 6.20. The number of nitro groups is 2. The van der Waals surface area contributed by atoms with Gasteiger partial charge < -0.3 is 42.0 Å². The van der Waals surface area contributed by atoms with Gasteiger partial charge in [0.15, 0.2) is 0 Å². The Kier molecular flexibility index (Phi) is 20.7. The van der Waals surface area contributed by atoms with E-state index in [0.29, 0.717) is 49.4 Å². The second-order valence-electron chi connectivity index (χ2n) is 9.73. The van der Waals surface area contributed by atoms with E-state index in [1.54, 1.807) is 6.07 Å². The minimum absolute atomic E-state index is 0. The van der Waals surface area contributed by atoms with Crippen molar-refractivity contribution in [3.05, 3.63) is 84.7 Å². The molecule has 0 spiro atoms. The molecule has 49 heavy (non-hydrogen) atoms. The number of nitrogen functional groups attached to an aromatic ring is 1. The Labute approximate surface area is 315 Å². The van der Waals surface area contributed by atoms with Gasteiger partial charge in [0, 0.05) is 64.4 Å². The van der Waals surface area contributed by atoms with E-state index in [4.69, 9.17) is 80.9 Å². The van der Waals surface area contributed by atoms with Crippen LogP contribution in [0.15, 0.2) is 36.8 Å².